The zero-order valence-corrected chi connectivity index (χ0v) is 14.6. The van der Waals surface area contributed by atoms with E-state index in [1.54, 1.807) is 6.07 Å². The van der Waals surface area contributed by atoms with Gasteiger partial charge in [0, 0.05) is 28.8 Å². The quantitative estimate of drug-likeness (QED) is 0.398. The summed E-state index contributed by atoms with van der Waals surface area (Å²) in [6, 6.07) is 22.2. The molecule has 4 rings (SSSR count). The van der Waals surface area contributed by atoms with E-state index in [0.29, 0.717) is 22.5 Å². The van der Waals surface area contributed by atoms with E-state index in [-0.39, 0.29) is 5.69 Å². The average molecular weight is 356 g/mol. The van der Waals surface area contributed by atoms with E-state index in [0.717, 1.165) is 16.8 Å². The molecule has 1 N–H and O–H groups in total. The largest absolute Gasteiger partial charge is 0.324 e. The molecule has 6 nitrogen and oxygen atoms in total. The highest BCUT2D eigenvalue weighted by Crippen LogP contribution is 2.30. The number of nitro benzene ring substituents is 1. The number of aryl methyl sites for hydroxylation is 1. The number of nitro groups is 1. The van der Waals surface area contributed by atoms with Crippen LogP contribution in [0.3, 0.4) is 0 Å². The summed E-state index contributed by atoms with van der Waals surface area (Å²) in [7, 11) is 0. The second kappa shape index (κ2) is 6.84. The van der Waals surface area contributed by atoms with E-state index < -0.39 is 4.92 Å². The number of non-ortho nitro benzene ring substituents is 1. The monoisotopic (exact) mass is 356 g/mol. The van der Waals surface area contributed by atoms with Crippen molar-refractivity contribution < 1.29 is 4.92 Å². The molecule has 0 bridgehead atoms. The van der Waals surface area contributed by atoms with Gasteiger partial charge in [-0.1, -0.05) is 48.0 Å². The molecule has 6 heteroatoms. The van der Waals surface area contributed by atoms with E-state index in [9.17, 15) is 10.1 Å². The van der Waals surface area contributed by atoms with Crippen LogP contribution >= 0.6 is 0 Å². The Labute approximate surface area is 155 Å². The Morgan fingerprint density at radius 3 is 2.37 bits per heavy atom. The Kier molecular flexibility index (Phi) is 4.22. The fourth-order valence-electron chi connectivity index (χ4n) is 2.87. The summed E-state index contributed by atoms with van der Waals surface area (Å²) in [5, 5.41) is 15.0. The van der Waals surface area contributed by atoms with Crippen LogP contribution in [-0.4, -0.2) is 14.9 Å². The molecule has 132 valence electrons. The van der Waals surface area contributed by atoms with Crippen LogP contribution in [-0.2, 0) is 0 Å². The third-order valence-electron chi connectivity index (χ3n) is 4.25. The fraction of sp³-hybridized carbons (Fsp3) is 0.0476. The molecule has 1 aromatic heterocycles. The first-order chi connectivity index (χ1) is 13.1. The van der Waals surface area contributed by atoms with Crippen LogP contribution < -0.4 is 5.32 Å². The van der Waals surface area contributed by atoms with Crippen LogP contribution in [0.4, 0.5) is 17.3 Å². The third kappa shape index (κ3) is 3.46. The molecule has 0 radical (unpaired) electrons. The van der Waals surface area contributed by atoms with Gasteiger partial charge in [-0.05, 0) is 25.1 Å². The highest BCUT2D eigenvalue weighted by molar-refractivity contribution is 5.94. The number of fused-ring (bicyclic) bond motifs is 1. The summed E-state index contributed by atoms with van der Waals surface area (Å²) >= 11 is 0. The summed E-state index contributed by atoms with van der Waals surface area (Å²) in [4.78, 5) is 19.9. The van der Waals surface area contributed by atoms with Crippen LogP contribution in [0, 0.1) is 17.0 Å². The molecule has 0 amide bonds. The van der Waals surface area contributed by atoms with E-state index in [4.69, 9.17) is 0 Å². The van der Waals surface area contributed by atoms with Gasteiger partial charge in [0.15, 0.2) is 0 Å². The molecule has 0 unspecified atom stereocenters. The summed E-state index contributed by atoms with van der Waals surface area (Å²) in [5.74, 6) is 0.444. The molecule has 0 saturated carbocycles. The molecule has 1 heterocycles. The number of anilines is 2. The van der Waals surface area contributed by atoms with Crippen LogP contribution in [0.2, 0.25) is 0 Å². The van der Waals surface area contributed by atoms with Gasteiger partial charge in [-0.25, -0.2) is 9.97 Å². The van der Waals surface area contributed by atoms with Crippen molar-refractivity contribution in [1.29, 1.82) is 0 Å². The van der Waals surface area contributed by atoms with Gasteiger partial charge < -0.3 is 5.32 Å². The van der Waals surface area contributed by atoms with E-state index in [1.807, 2.05) is 61.5 Å². The van der Waals surface area contributed by atoms with Gasteiger partial charge >= 0.3 is 0 Å². The summed E-state index contributed by atoms with van der Waals surface area (Å²) < 4.78 is 0. The lowest BCUT2D eigenvalue weighted by molar-refractivity contribution is -0.384. The molecule has 0 spiro atoms. The van der Waals surface area contributed by atoms with Crippen LogP contribution in [0.25, 0.3) is 22.2 Å². The molecular weight excluding hydrogens is 340 g/mol. The Morgan fingerprint density at radius 2 is 1.67 bits per heavy atom. The standard InChI is InChI=1S/C21H16N4O2/c1-14-7-9-16(10-8-14)22-21-23-19-12-11-17(25(26)27)13-18(19)20(24-21)15-5-3-2-4-6-15/h2-13H,1H3,(H,22,23,24). The number of hydrogen-bond donors (Lipinski definition) is 1. The normalized spacial score (nSPS) is 10.7. The second-order valence-corrected chi connectivity index (χ2v) is 6.21. The van der Waals surface area contributed by atoms with Crippen molar-refractivity contribution in [2.24, 2.45) is 0 Å². The van der Waals surface area contributed by atoms with Gasteiger partial charge in [0.2, 0.25) is 5.95 Å². The average Bonchev–Trinajstić information content (AvgIpc) is 2.69. The number of nitrogens with zero attached hydrogens (tertiary/aromatic N) is 3. The Bertz CT molecular complexity index is 1130. The molecule has 27 heavy (non-hydrogen) atoms. The number of nitrogens with one attached hydrogen (secondary N) is 1. The van der Waals surface area contributed by atoms with Gasteiger partial charge in [-0.2, -0.15) is 0 Å². The number of rotatable bonds is 4. The summed E-state index contributed by atoms with van der Waals surface area (Å²) in [5.41, 5.74) is 4.22. The van der Waals surface area contributed by atoms with Crippen molar-refractivity contribution >= 4 is 28.2 Å². The first kappa shape index (κ1) is 16.7. The molecule has 0 aliphatic carbocycles. The van der Waals surface area contributed by atoms with Gasteiger partial charge in [0.25, 0.3) is 5.69 Å². The Balaban J connectivity index is 1.88. The van der Waals surface area contributed by atoms with E-state index >= 15 is 0 Å². The number of benzene rings is 3. The molecule has 3 aromatic carbocycles. The van der Waals surface area contributed by atoms with Gasteiger partial charge in [0.05, 0.1) is 16.1 Å². The van der Waals surface area contributed by atoms with Crippen molar-refractivity contribution in [3.63, 3.8) is 0 Å². The lowest BCUT2D eigenvalue weighted by Gasteiger charge is -2.11. The second-order valence-electron chi connectivity index (χ2n) is 6.21. The Morgan fingerprint density at radius 1 is 0.926 bits per heavy atom. The minimum absolute atomic E-state index is 0.0162. The van der Waals surface area contributed by atoms with Crippen molar-refractivity contribution in [2.75, 3.05) is 5.32 Å². The van der Waals surface area contributed by atoms with Crippen molar-refractivity contribution in [3.05, 3.63) is 88.5 Å². The highest BCUT2D eigenvalue weighted by atomic mass is 16.6. The van der Waals surface area contributed by atoms with Crippen molar-refractivity contribution in [1.82, 2.24) is 9.97 Å². The molecule has 0 fully saturated rings. The zero-order valence-electron chi connectivity index (χ0n) is 14.6. The number of hydrogen-bond acceptors (Lipinski definition) is 5. The predicted octanol–water partition coefficient (Wildman–Crippen LogP) is 5.26. The molecule has 0 aliphatic rings. The zero-order chi connectivity index (χ0) is 18.8. The minimum atomic E-state index is -0.410. The fourth-order valence-corrected chi connectivity index (χ4v) is 2.87. The molecule has 0 aliphatic heterocycles. The minimum Gasteiger partial charge on any atom is -0.324 e. The van der Waals surface area contributed by atoms with Crippen LogP contribution in [0.5, 0.6) is 0 Å². The lowest BCUT2D eigenvalue weighted by atomic mass is 10.1. The summed E-state index contributed by atoms with van der Waals surface area (Å²) in [6.07, 6.45) is 0. The smallest absolute Gasteiger partial charge is 0.270 e. The topological polar surface area (TPSA) is 81.0 Å². The van der Waals surface area contributed by atoms with Gasteiger partial charge in [-0.15, -0.1) is 0 Å². The van der Waals surface area contributed by atoms with Gasteiger partial charge in [-0.3, -0.25) is 10.1 Å². The number of aromatic nitrogens is 2. The predicted molar refractivity (Wildman–Crippen MR) is 106 cm³/mol. The highest BCUT2D eigenvalue weighted by Gasteiger charge is 2.14. The first-order valence-corrected chi connectivity index (χ1v) is 8.45. The molecule has 0 saturated heterocycles. The van der Waals surface area contributed by atoms with Crippen molar-refractivity contribution in [2.45, 2.75) is 6.92 Å². The maximum absolute atomic E-state index is 11.2. The van der Waals surface area contributed by atoms with Crippen LogP contribution in [0.1, 0.15) is 5.56 Å². The molecule has 0 atom stereocenters. The van der Waals surface area contributed by atoms with Crippen LogP contribution in [0.15, 0.2) is 72.8 Å². The maximum Gasteiger partial charge on any atom is 0.270 e. The van der Waals surface area contributed by atoms with Gasteiger partial charge in [0.1, 0.15) is 0 Å². The maximum atomic E-state index is 11.2. The van der Waals surface area contributed by atoms with E-state index in [1.165, 1.54) is 12.1 Å². The molecular formula is C21H16N4O2. The summed E-state index contributed by atoms with van der Waals surface area (Å²) in [6.45, 7) is 2.02. The Hall–Kier alpha value is -3.80. The first-order valence-electron chi connectivity index (χ1n) is 8.45. The van der Waals surface area contributed by atoms with E-state index in [2.05, 4.69) is 15.3 Å². The molecule has 4 aromatic rings. The lowest BCUT2D eigenvalue weighted by Crippen LogP contribution is -2.00. The van der Waals surface area contributed by atoms with Crippen molar-refractivity contribution in [3.8, 4) is 11.3 Å². The SMILES string of the molecule is Cc1ccc(Nc2nc(-c3ccccc3)c3cc([N+](=O)[O-])ccc3n2)cc1. The third-order valence-corrected chi connectivity index (χ3v) is 4.25.